The number of carbonyl (C=O) groups is 2. The highest BCUT2D eigenvalue weighted by atomic mass is 16.5. The molecule has 0 bridgehead atoms. The Labute approximate surface area is 363 Å². The molecule has 9 N–H and O–H groups in total. The van der Waals surface area contributed by atoms with Gasteiger partial charge in [-0.2, -0.15) is 0 Å². The number of nitrogens with one attached hydrogen (secondary N) is 4. The van der Waals surface area contributed by atoms with Gasteiger partial charge >= 0.3 is 0 Å². The number of ether oxygens (including phenoxy) is 3. The van der Waals surface area contributed by atoms with Crippen LogP contribution in [0.1, 0.15) is 123 Å². The fourth-order valence-electron chi connectivity index (χ4n) is 7.32. The molecule has 1 heterocycles. The van der Waals surface area contributed by atoms with E-state index in [-0.39, 0.29) is 54.4 Å². The second kappa shape index (κ2) is 28.4. The first kappa shape index (κ1) is 51.1. The zero-order valence-corrected chi connectivity index (χ0v) is 38.0. The lowest BCUT2D eigenvalue weighted by Gasteiger charge is -2.21. The van der Waals surface area contributed by atoms with Gasteiger partial charge in [0, 0.05) is 37.1 Å². The van der Waals surface area contributed by atoms with Crippen molar-refractivity contribution in [3.63, 3.8) is 0 Å². The predicted octanol–water partition coefficient (Wildman–Crippen LogP) is 4.00. The average Bonchev–Trinajstić information content (AvgIpc) is 3.48. The summed E-state index contributed by atoms with van der Waals surface area (Å²) >= 11 is 0. The Morgan fingerprint density at radius 2 is 1.56 bits per heavy atom. The van der Waals surface area contributed by atoms with Crippen LogP contribution < -0.4 is 48.8 Å². The highest BCUT2D eigenvalue weighted by Crippen LogP contribution is 2.33. The molecule has 2 amide bonds. The van der Waals surface area contributed by atoms with Crippen molar-refractivity contribution in [3.05, 3.63) is 72.1 Å². The number of aryl methyl sites for hydroxylation is 1. The second-order valence-corrected chi connectivity index (χ2v) is 16.0. The predicted molar refractivity (Wildman–Crippen MR) is 244 cm³/mol. The Hall–Kier alpha value is -4.21. The van der Waals surface area contributed by atoms with Crippen molar-refractivity contribution < 1.29 is 33.3 Å². The maximum atomic E-state index is 15.0. The molecule has 0 radical (unpaired) electrons. The van der Waals surface area contributed by atoms with Crippen LogP contribution in [0.5, 0.6) is 0 Å². The molecular formula is C47H76N6O8. The molecule has 0 saturated heterocycles. The first-order valence-electron chi connectivity index (χ1n) is 22.5. The third-order valence-corrected chi connectivity index (χ3v) is 11.2. The molecule has 14 nitrogen and oxygen atoms in total. The molecule has 0 aromatic carbocycles. The number of aliphatic hydroxyl groups is 1. The van der Waals surface area contributed by atoms with Gasteiger partial charge in [-0.15, -0.1) is 0 Å². The van der Waals surface area contributed by atoms with Crippen LogP contribution in [0.2, 0.25) is 0 Å². The van der Waals surface area contributed by atoms with E-state index in [1.165, 1.54) is 12.7 Å². The number of carbonyl (C=O) groups excluding carboxylic acids is 2. The Morgan fingerprint density at radius 3 is 2.20 bits per heavy atom. The number of unbranched alkanes of at least 4 members (excludes halogenated alkanes) is 1. The Balaban J connectivity index is 2.02. The van der Waals surface area contributed by atoms with Gasteiger partial charge in [0.25, 0.3) is 5.91 Å². The molecule has 1 aromatic heterocycles. The SMILES string of the molecule is CCC/C(C)=C(\C)CC1=C(O)c2c(oc3c(c2=O)=C(C/C=C(\C)CC)C(OC)=C(OCC(=O)NCCCNCCCCN)CC=3)CCC1OCC(=O)NCCCNCCCN. The normalized spacial score (nSPS) is 16.0. The first-order chi connectivity index (χ1) is 29.5. The monoisotopic (exact) mass is 853 g/mol. The molecule has 2 aliphatic carbocycles. The van der Waals surface area contributed by atoms with E-state index in [2.05, 4.69) is 42.0 Å². The van der Waals surface area contributed by atoms with E-state index < -0.39 is 11.5 Å². The lowest BCUT2D eigenvalue weighted by Crippen LogP contribution is -2.43. The molecule has 14 heteroatoms. The molecule has 0 fully saturated rings. The molecule has 1 atom stereocenters. The summed E-state index contributed by atoms with van der Waals surface area (Å²) in [5.74, 6) is 0.391. The minimum Gasteiger partial charge on any atom is -0.507 e. The van der Waals surface area contributed by atoms with E-state index in [4.69, 9.17) is 30.1 Å². The van der Waals surface area contributed by atoms with Gasteiger partial charge in [0.1, 0.15) is 34.9 Å². The number of aliphatic hydroxyl groups excluding tert-OH is 1. The number of hydrogen-bond donors (Lipinski definition) is 7. The molecule has 3 rings (SSSR count). The van der Waals surface area contributed by atoms with Crippen molar-refractivity contribution in [2.75, 3.05) is 72.7 Å². The number of hydrogen-bond acceptors (Lipinski definition) is 12. The Bertz CT molecular complexity index is 1900. The number of nitrogens with two attached hydrogens (primary N) is 2. The van der Waals surface area contributed by atoms with Crippen LogP contribution in [0.3, 0.4) is 0 Å². The van der Waals surface area contributed by atoms with Crippen molar-refractivity contribution in [3.8, 4) is 0 Å². The summed E-state index contributed by atoms with van der Waals surface area (Å²) in [7, 11) is 1.52. The largest absolute Gasteiger partial charge is 0.507 e. The molecule has 0 saturated carbocycles. The highest BCUT2D eigenvalue weighted by molar-refractivity contribution is 5.78. The zero-order chi connectivity index (χ0) is 44.6. The zero-order valence-electron chi connectivity index (χ0n) is 38.0. The van der Waals surface area contributed by atoms with E-state index in [9.17, 15) is 14.7 Å². The second-order valence-electron chi connectivity index (χ2n) is 16.0. The summed E-state index contributed by atoms with van der Waals surface area (Å²) in [6.45, 7) is 15.5. The average molecular weight is 853 g/mol. The number of allylic oxidation sites excluding steroid dienone is 6. The standard InChI is InChI=1S/C47H76N6O8/c1-7-14-33(4)34(5)29-36-37(59-30-41(54)52-28-13-26-51-24-11-22-49)17-18-39-44(45(36)56)46(57)43-35(16-15-32(3)8-2)47(58-6)40(20-19-38(43)61-39)60-31-42(55)53-27-12-25-50-23-10-9-21-48/h15,19,37,50-51,56H,7-14,16-18,20-31,48-49H2,1-6H3,(H,52,54)(H,53,55)/b32-15+,34-33+. The Kier molecular flexibility index (Phi) is 23.8. The topological polar surface area (TPSA) is 212 Å². The summed E-state index contributed by atoms with van der Waals surface area (Å²) in [6, 6.07) is 0. The van der Waals surface area contributed by atoms with Crippen LogP contribution in [0.25, 0.3) is 17.4 Å². The summed E-state index contributed by atoms with van der Waals surface area (Å²) in [5.41, 5.74) is 15.6. The lowest BCUT2D eigenvalue weighted by atomic mass is 9.93. The van der Waals surface area contributed by atoms with Gasteiger partial charge in [0.05, 0.1) is 18.4 Å². The molecule has 61 heavy (non-hydrogen) atoms. The maximum Gasteiger partial charge on any atom is 0.257 e. The van der Waals surface area contributed by atoms with Crippen molar-refractivity contribution in [2.24, 2.45) is 11.5 Å². The number of fused-ring (bicyclic) bond motifs is 2. The van der Waals surface area contributed by atoms with E-state index in [1.807, 2.05) is 19.9 Å². The molecular weight excluding hydrogens is 777 g/mol. The van der Waals surface area contributed by atoms with E-state index in [0.717, 1.165) is 88.7 Å². The molecule has 0 spiro atoms. The van der Waals surface area contributed by atoms with Gasteiger partial charge < -0.3 is 56.5 Å². The quantitative estimate of drug-likeness (QED) is 0.0451. The summed E-state index contributed by atoms with van der Waals surface area (Å²) in [5, 5.41) is 25.1. The van der Waals surface area contributed by atoms with Crippen LogP contribution in [0, 0.1) is 0 Å². The van der Waals surface area contributed by atoms with Crippen molar-refractivity contribution in [1.82, 2.24) is 21.3 Å². The third-order valence-electron chi connectivity index (χ3n) is 11.2. The van der Waals surface area contributed by atoms with Crippen LogP contribution in [-0.2, 0) is 30.2 Å². The number of amides is 2. The number of methoxy groups -OCH3 is 1. The van der Waals surface area contributed by atoms with E-state index >= 15 is 4.79 Å². The smallest absolute Gasteiger partial charge is 0.257 e. The van der Waals surface area contributed by atoms with Crippen molar-refractivity contribution in [1.29, 1.82) is 0 Å². The summed E-state index contributed by atoms with van der Waals surface area (Å²) < 4.78 is 25.0. The molecule has 1 aromatic rings. The van der Waals surface area contributed by atoms with Gasteiger partial charge in [-0.1, -0.05) is 43.1 Å². The summed E-state index contributed by atoms with van der Waals surface area (Å²) in [6.07, 6.45) is 11.9. The lowest BCUT2D eigenvalue weighted by molar-refractivity contribution is -0.127. The van der Waals surface area contributed by atoms with Crippen molar-refractivity contribution in [2.45, 2.75) is 124 Å². The number of rotatable bonds is 29. The van der Waals surface area contributed by atoms with Gasteiger partial charge in [-0.05, 0) is 130 Å². The fraction of sp³-hybridized carbons (Fsp3) is 0.638. The van der Waals surface area contributed by atoms with Crippen LogP contribution in [0.15, 0.2) is 49.1 Å². The minimum atomic E-state index is -0.643. The molecule has 0 aliphatic heterocycles. The van der Waals surface area contributed by atoms with Gasteiger partial charge in [0.15, 0.2) is 12.4 Å². The molecule has 342 valence electrons. The molecule has 1 unspecified atom stereocenters. The first-order valence-corrected chi connectivity index (χ1v) is 22.5. The van der Waals surface area contributed by atoms with Crippen LogP contribution >= 0.6 is 0 Å². The van der Waals surface area contributed by atoms with Crippen molar-refractivity contribution >= 4 is 29.2 Å². The van der Waals surface area contributed by atoms with Gasteiger partial charge in [-0.3, -0.25) is 14.4 Å². The fourth-order valence-corrected chi connectivity index (χ4v) is 7.32. The third kappa shape index (κ3) is 16.5. The van der Waals surface area contributed by atoms with E-state index in [1.54, 1.807) is 6.08 Å². The van der Waals surface area contributed by atoms with Crippen LogP contribution in [-0.4, -0.2) is 95.7 Å². The Morgan fingerprint density at radius 1 is 0.902 bits per heavy atom. The maximum absolute atomic E-state index is 15.0. The molecule has 2 aliphatic rings. The van der Waals surface area contributed by atoms with Gasteiger partial charge in [-0.25, -0.2) is 0 Å². The summed E-state index contributed by atoms with van der Waals surface area (Å²) in [4.78, 5) is 40.8. The van der Waals surface area contributed by atoms with Crippen LogP contribution in [0.4, 0.5) is 0 Å². The highest BCUT2D eigenvalue weighted by Gasteiger charge is 2.32. The minimum absolute atomic E-state index is 0.0857. The van der Waals surface area contributed by atoms with E-state index in [0.29, 0.717) is 79.3 Å². The van der Waals surface area contributed by atoms with Gasteiger partial charge in [0.2, 0.25) is 11.3 Å².